The molecule has 1 saturated heterocycles. The summed E-state index contributed by atoms with van der Waals surface area (Å²) in [5.74, 6) is 2.13. The Hall–Kier alpha value is -1.10. The summed E-state index contributed by atoms with van der Waals surface area (Å²) in [6, 6.07) is 0. The first kappa shape index (κ1) is 12.4. The first-order valence-corrected chi connectivity index (χ1v) is 6.53. The summed E-state index contributed by atoms with van der Waals surface area (Å²) in [7, 11) is 2.20. The molecule has 1 aromatic heterocycles. The summed E-state index contributed by atoms with van der Waals surface area (Å²) < 4.78 is 5.04. The van der Waals surface area contributed by atoms with Gasteiger partial charge in [0.2, 0.25) is 5.89 Å². The third-order valence-electron chi connectivity index (χ3n) is 3.33. The molecule has 2 rings (SSSR count). The predicted molar refractivity (Wildman–Crippen MR) is 67.0 cm³/mol. The van der Waals surface area contributed by atoms with Crippen LogP contribution in [0.4, 0.5) is 5.95 Å². The van der Waals surface area contributed by atoms with E-state index < -0.39 is 0 Å². The molecule has 0 aliphatic carbocycles. The lowest BCUT2D eigenvalue weighted by molar-refractivity contribution is 0.205. The zero-order valence-electron chi connectivity index (χ0n) is 10.8. The Morgan fingerprint density at radius 3 is 3.12 bits per heavy atom. The van der Waals surface area contributed by atoms with Crippen molar-refractivity contribution < 1.29 is 4.52 Å². The minimum atomic E-state index is 0.631. The van der Waals surface area contributed by atoms with Gasteiger partial charge in [-0.05, 0) is 43.9 Å². The van der Waals surface area contributed by atoms with Gasteiger partial charge in [0.15, 0.2) is 0 Å². The molecule has 17 heavy (non-hydrogen) atoms. The maximum absolute atomic E-state index is 5.04. The number of rotatable bonds is 5. The van der Waals surface area contributed by atoms with Crippen LogP contribution in [-0.2, 0) is 6.42 Å². The normalized spacial score (nSPS) is 21.6. The van der Waals surface area contributed by atoms with Gasteiger partial charge in [0, 0.05) is 19.5 Å². The highest BCUT2D eigenvalue weighted by Crippen LogP contribution is 2.18. The van der Waals surface area contributed by atoms with Crippen LogP contribution in [0.1, 0.15) is 32.1 Å². The number of piperidine rings is 1. The van der Waals surface area contributed by atoms with E-state index in [1.807, 2.05) is 6.92 Å². The quantitative estimate of drug-likeness (QED) is 0.847. The zero-order chi connectivity index (χ0) is 12.1. The highest BCUT2D eigenvalue weighted by atomic mass is 16.5. The number of hydrogen-bond acceptors (Lipinski definition) is 5. The van der Waals surface area contributed by atoms with Gasteiger partial charge in [-0.2, -0.15) is 4.98 Å². The lowest BCUT2D eigenvalue weighted by atomic mass is 9.95. The molecule has 0 amide bonds. The molecule has 0 saturated carbocycles. The number of nitrogens with one attached hydrogen (secondary N) is 1. The highest BCUT2D eigenvalue weighted by molar-refractivity contribution is 5.20. The summed E-state index contributed by atoms with van der Waals surface area (Å²) >= 11 is 0. The largest absolute Gasteiger partial charge is 0.352 e. The van der Waals surface area contributed by atoms with Gasteiger partial charge in [-0.15, -0.1) is 0 Å². The number of likely N-dealkylation sites (tertiary alicyclic amines) is 1. The molecule has 0 unspecified atom stereocenters. The number of anilines is 1. The van der Waals surface area contributed by atoms with Crippen molar-refractivity contribution in [1.29, 1.82) is 0 Å². The van der Waals surface area contributed by atoms with E-state index in [4.69, 9.17) is 4.52 Å². The minimum Gasteiger partial charge on any atom is -0.352 e. The average Bonchev–Trinajstić information content (AvgIpc) is 2.77. The van der Waals surface area contributed by atoms with Crippen molar-refractivity contribution in [3.8, 4) is 0 Å². The molecule has 1 atom stereocenters. The van der Waals surface area contributed by atoms with Crippen LogP contribution in [0, 0.1) is 5.92 Å². The van der Waals surface area contributed by atoms with Crippen LogP contribution in [0.25, 0.3) is 0 Å². The molecule has 1 aliphatic rings. The van der Waals surface area contributed by atoms with Crippen molar-refractivity contribution in [1.82, 2.24) is 15.0 Å². The van der Waals surface area contributed by atoms with Crippen molar-refractivity contribution in [2.24, 2.45) is 5.92 Å². The third kappa shape index (κ3) is 3.70. The molecule has 1 aliphatic heterocycles. The molecule has 2 heterocycles. The standard InChI is InChI=1S/C12H22N4O/c1-3-11-14-12(15-17-11)13-7-6-10-5-4-8-16(2)9-10/h10H,3-9H2,1-2H3,(H,13,15)/t10-/m0/s1. The van der Waals surface area contributed by atoms with Crippen LogP contribution >= 0.6 is 0 Å². The van der Waals surface area contributed by atoms with E-state index in [1.165, 1.54) is 32.4 Å². The molecular formula is C12H22N4O. The first-order chi connectivity index (χ1) is 8.28. The van der Waals surface area contributed by atoms with Crippen LogP contribution < -0.4 is 5.32 Å². The summed E-state index contributed by atoms with van der Waals surface area (Å²) in [6.45, 7) is 5.40. The minimum absolute atomic E-state index is 0.631. The molecule has 5 nitrogen and oxygen atoms in total. The molecule has 96 valence electrons. The molecule has 0 radical (unpaired) electrons. The lowest BCUT2D eigenvalue weighted by Crippen LogP contribution is -2.32. The molecular weight excluding hydrogens is 216 g/mol. The smallest absolute Gasteiger partial charge is 0.263 e. The van der Waals surface area contributed by atoms with Crippen LogP contribution in [0.2, 0.25) is 0 Å². The van der Waals surface area contributed by atoms with Gasteiger partial charge in [0.25, 0.3) is 5.95 Å². The lowest BCUT2D eigenvalue weighted by Gasteiger charge is -2.29. The topological polar surface area (TPSA) is 54.2 Å². The van der Waals surface area contributed by atoms with Gasteiger partial charge < -0.3 is 14.7 Å². The van der Waals surface area contributed by atoms with Crippen molar-refractivity contribution in [3.63, 3.8) is 0 Å². The molecule has 1 fully saturated rings. The summed E-state index contributed by atoms with van der Waals surface area (Å²) in [5.41, 5.74) is 0. The number of aryl methyl sites for hydroxylation is 1. The first-order valence-electron chi connectivity index (χ1n) is 6.53. The second kappa shape index (κ2) is 6.00. The van der Waals surface area contributed by atoms with E-state index in [2.05, 4.69) is 27.4 Å². The average molecular weight is 238 g/mol. The van der Waals surface area contributed by atoms with Crippen LogP contribution in [-0.4, -0.2) is 41.7 Å². The Balaban J connectivity index is 1.68. The molecule has 5 heteroatoms. The number of nitrogens with zero attached hydrogens (tertiary/aromatic N) is 3. The van der Waals surface area contributed by atoms with Crippen molar-refractivity contribution in [2.45, 2.75) is 32.6 Å². The maximum atomic E-state index is 5.04. The van der Waals surface area contributed by atoms with E-state index in [9.17, 15) is 0 Å². The Morgan fingerprint density at radius 1 is 1.53 bits per heavy atom. The summed E-state index contributed by atoms with van der Waals surface area (Å²) in [5, 5.41) is 7.10. The summed E-state index contributed by atoms with van der Waals surface area (Å²) in [6.07, 6.45) is 4.64. The van der Waals surface area contributed by atoms with E-state index in [0.29, 0.717) is 11.8 Å². The SMILES string of the molecule is CCc1nc(NCC[C@@H]2CCCN(C)C2)no1. The van der Waals surface area contributed by atoms with Crippen LogP contribution in [0.3, 0.4) is 0 Å². The number of aromatic nitrogens is 2. The number of hydrogen-bond donors (Lipinski definition) is 1. The third-order valence-corrected chi connectivity index (χ3v) is 3.33. The Kier molecular flexibility index (Phi) is 4.36. The van der Waals surface area contributed by atoms with Crippen molar-refractivity contribution >= 4 is 5.95 Å². The van der Waals surface area contributed by atoms with Crippen molar-refractivity contribution in [3.05, 3.63) is 5.89 Å². The maximum Gasteiger partial charge on any atom is 0.263 e. The van der Waals surface area contributed by atoms with Gasteiger partial charge in [-0.3, -0.25) is 0 Å². The van der Waals surface area contributed by atoms with Crippen LogP contribution in [0.15, 0.2) is 4.52 Å². The fourth-order valence-electron chi connectivity index (χ4n) is 2.37. The van der Waals surface area contributed by atoms with Gasteiger partial charge in [-0.1, -0.05) is 6.92 Å². The van der Waals surface area contributed by atoms with Gasteiger partial charge in [0.05, 0.1) is 0 Å². The molecule has 0 spiro atoms. The predicted octanol–water partition coefficient (Wildman–Crippen LogP) is 1.78. The summed E-state index contributed by atoms with van der Waals surface area (Å²) in [4.78, 5) is 6.64. The second-order valence-electron chi connectivity index (χ2n) is 4.85. The van der Waals surface area contributed by atoms with Crippen LogP contribution in [0.5, 0.6) is 0 Å². The van der Waals surface area contributed by atoms with Crippen molar-refractivity contribution in [2.75, 3.05) is 32.0 Å². The Bertz CT molecular complexity index is 339. The highest BCUT2D eigenvalue weighted by Gasteiger charge is 2.16. The van der Waals surface area contributed by atoms with E-state index in [1.54, 1.807) is 0 Å². The Labute approximate surface area is 103 Å². The van der Waals surface area contributed by atoms with E-state index >= 15 is 0 Å². The zero-order valence-corrected chi connectivity index (χ0v) is 10.8. The monoisotopic (exact) mass is 238 g/mol. The van der Waals surface area contributed by atoms with E-state index in [-0.39, 0.29) is 0 Å². The molecule has 0 aromatic carbocycles. The fraction of sp³-hybridized carbons (Fsp3) is 0.833. The molecule has 1 N–H and O–H groups in total. The van der Waals surface area contributed by atoms with Gasteiger partial charge in [-0.25, -0.2) is 0 Å². The van der Waals surface area contributed by atoms with Gasteiger partial charge >= 0.3 is 0 Å². The fourth-order valence-corrected chi connectivity index (χ4v) is 2.37. The second-order valence-corrected chi connectivity index (χ2v) is 4.85. The Morgan fingerprint density at radius 2 is 2.41 bits per heavy atom. The molecule has 0 bridgehead atoms. The van der Waals surface area contributed by atoms with E-state index in [0.717, 1.165) is 18.9 Å². The van der Waals surface area contributed by atoms with Gasteiger partial charge in [0.1, 0.15) is 0 Å². The molecule has 1 aromatic rings.